The van der Waals surface area contributed by atoms with E-state index in [2.05, 4.69) is 16.0 Å². The molecular formula is C34H36FN3O4. The number of amides is 2. The van der Waals surface area contributed by atoms with Gasteiger partial charge in [0, 0.05) is 18.7 Å². The number of benzene rings is 4. The van der Waals surface area contributed by atoms with E-state index in [1.807, 2.05) is 84.9 Å². The van der Waals surface area contributed by atoms with Gasteiger partial charge in [0.25, 0.3) is 11.8 Å². The van der Waals surface area contributed by atoms with Crippen molar-refractivity contribution in [2.45, 2.75) is 38.1 Å². The predicted molar refractivity (Wildman–Crippen MR) is 161 cm³/mol. The molecule has 0 aliphatic heterocycles. The summed E-state index contributed by atoms with van der Waals surface area (Å²) in [5, 5.41) is 20.0. The lowest BCUT2D eigenvalue weighted by molar-refractivity contribution is 0.0830. The van der Waals surface area contributed by atoms with Crippen LogP contribution in [0.5, 0.6) is 5.75 Å². The lowest BCUT2D eigenvalue weighted by Crippen LogP contribution is -2.48. The van der Waals surface area contributed by atoms with Crippen molar-refractivity contribution in [2.24, 2.45) is 0 Å². The smallest absolute Gasteiger partial charge is 0.254 e. The van der Waals surface area contributed by atoms with Crippen molar-refractivity contribution in [3.63, 3.8) is 0 Å². The zero-order chi connectivity index (χ0) is 29.9. The zero-order valence-electron chi connectivity index (χ0n) is 23.7. The summed E-state index contributed by atoms with van der Waals surface area (Å²) in [6.45, 7) is 2.52. The molecule has 4 rings (SSSR count). The van der Waals surface area contributed by atoms with Gasteiger partial charge in [-0.15, -0.1) is 0 Å². The van der Waals surface area contributed by atoms with Crippen LogP contribution in [0.1, 0.15) is 50.4 Å². The second-order valence-electron chi connectivity index (χ2n) is 10.1. The molecular weight excluding hydrogens is 533 g/mol. The molecule has 42 heavy (non-hydrogen) atoms. The van der Waals surface area contributed by atoms with Crippen LogP contribution in [-0.2, 0) is 13.0 Å². The molecule has 4 aromatic rings. The van der Waals surface area contributed by atoms with Gasteiger partial charge in [0.05, 0.1) is 30.9 Å². The Labute approximate surface area is 245 Å². The highest BCUT2D eigenvalue weighted by atomic mass is 19.1. The van der Waals surface area contributed by atoms with E-state index in [0.717, 1.165) is 28.5 Å². The van der Waals surface area contributed by atoms with E-state index in [-0.39, 0.29) is 23.7 Å². The average Bonchev–Trinajstić information content (AvgIpc) is 3.01. The monoisotopic (exact) mass is 569 g/mol. The van der Waals surface area contributed by atoms with Crippen molar-refractivity contribution in [1.82, 2.24) is 16.0 Å². The Morgan fingerprint density at radius 3 is 2.24 bits per heavy atom. The van der Waals surface area contributed by atoms with Gasteiger partial charge >= 0.3 is 0 Å². The SMILES string of the molecule is COc1cccc(CNCC(O)C(Cc2ccccc2)NC(=O)c2ccc(F)c(C(=O)NC(C)c3ccccc3)c2)c1. The van der Waals surface area contributed by atoms with Crippen LogP contribution in [0.4, 0.5) is 4.39 Å². The van der Waals surface area contributed by atoms with E-state index < -0.39 is 29.8 Å². The fourth-order valence-corrected chi connectivity index (χ4v) is 4.63. The second-order valence-corrected chi connectivity index (χ2v) is 10.1. The van der Waals surface area contributed by atoms with Crippen LogP contribution in [0, 0.1) is 5.82 Å². The Bertz CT molecular complexity index is 1470. The van der Waals surface area contributed by atoms with Crippen LogP contribution in [0.2, 0.25) is 0 Å². The molecule has 7 nitrogen and oxygen atoms in total. The van der Waals surface area contributed by atoms with Crippen molar-refractivity contribution in [3.05, 3.63) is 137 Å². The molecule has 0 saturated carbocycles. The molecule has 0 radical (unpaired) electrons. The van der Waals surface area contributed by atoms with Gasteiger partial charge in [-0.05, 0) is 60.4 Å². The number of carbonyl (C=O) groups excluding carboxylic acids is 2. The normalized spacial score (nSPS) is 13.0. The van der Waals surface area contributed by atoms with Crippen LogP contribution in [-0.4, -0.2) is 42.7 Å². The Morgan fingerprint density at radius 2 is 1.52 bits per heavy atom. The highest BCUT2D eigenvalue weighted by molar-refractivity contribution is 6.00. The molecule has 8 heteroatoms. The summed E-state index contributed by atoms with van der Waals surface area (Å²) in [6.07, 6.45) is -0.563. The lowest BCUT2D eigenvalue weighted by Gasteiger charge is -2.25. The Balaban J connectivity index is 1.45. The molecule has 4 aromatic carbocycles. The summed E-state index contributed by atoms with van der Waals surface area (Å²) in [6, 6.07) is 29.1. The van der Waals surface area contributed by atoms with E-state index in [1.54, 1.807) is 14.0 Å². The van der Waals surface area contributed by atoms with E-state index in [0.29, 0.717) is 13.0 Å². The predicted octanol–water partition coefficient (Wildman–Crippen LogP) is 4.82. The number of rotatable bonds is 13. The number of aliphatic hydroxyl groups excluding tert-OH is 1. The first kappa shape index (κ1) is 30.4. The van der Waals surface area contributed by atoms with Crippen LogP contribution in [0.25, 0.3) is 0 Å². The van der Waals surface area contributed by atoms with Crippen LogP contribution < -0.4 is 20.7 Å². The van der Waals surface area contributed by atoms with Crippen LogP contribution in [0.3, 0.4) is 0 Å². The summed E-state index contributed by atoms with van der Waals surface area (Å²) in [7, 11) is 1.61. The van der Waals surface area contributed by atoms with Crippen molar-refractivity contribution < 1.29 is 23.8 Å². The summed E-state index contributed by atoms with van der Waals surface area (Å²) < 4.78 is 20.0. The fourth-order valence-electron chi connectivity index (χ4n) is 4.63. The third kappa shape index (κ3) is 8.49. The molecule has 2 amide bonds. The summed E-state index contributed by atoms with van der Waals surface area (Å²) in [4.78, 5) is 26.3. The summed E-state index contributed by atoms with van der Waals surface area (Å²) in [5.41, 5.74) is 2.68. The minimum Gasteiger partial charge on any atom is -0.497 e. The number of carbonyl (C=O) groups is 2. The number of methoxy groups -OCH3 is 1. The minimum absolute atomic E-state index is 0.114. The van der Waals surface area contributed by atoms with Gasteiger partial charge in [-0.1, -0.05) is 72.8 Å². The molecule has 0 fully saturated rings. The molecule has 0 saturated heterocycles. The number of aliphatic hydroxyl groups is 1. The highest BCUT2D eigenvalue weighted by Crippen LogP contribution is 2.17. The van der Waals surface area contributed by atoms with Crippen molar-refractivity contribution in [1.29, 1.82) is 0 Å². The number of ether oxygens (including phenoxy) is 1. The van der Waals surface area contributed by atoms with Gasteiger partial charge in [-0.2, -0.15) is 0 Å². The molecule has 3 unspecified atom stereocenters. The van der Waals surface area contributed by atoms with E-state index in [4.69, 9.17) is 4.74 Å². The van der Waals surface area contributed by atoms with E-state index >= 15 is 0 Å². The topological polar surface area (TPSA) is 99.7 Å². The Hall–Kier alpha value is -4.53. The molecule has 0 aromatic heterocycles. The molecule has 0 heterocycles. The van der Waals surface area contributed by atoms with Gasteiger partial charge in [0.1, 0.15) is 11.6 Å². The van der Waals surface area contributed by atoms with Gasteiger partial charge in [-0.25, -0.2) is 4.39 Å². The Morgan fingerprint density at radius 1 is 0.833 bits per heavy atom. The summed E-state index contributed by atoms with van der Waals surface area (Å²) in [5.74, 6) is -1.13. The third-order valence-corrected chi connectivity index (χ3v) is 7.02. The average molecular weight is 570 g/mol. The molecule has 0 aliphatic carbocycles. The van der Waals surface area contributed by atoms with Crippen molar-refractivity contribution >= 4 is 11.8 Å². The maximum atomic E-state index is 14.7. The van der Waals surface area contributed by atoms with Gasteiger partial charge in [-0.3, -0.25) is 9.59 Å². The largest absolute Gasteiger partial charge is 0.497 e. The quantitative estimate of drug-likeness (QED) is 0.185. The highest BCUT2D eigenvalue weighted by Gasteiger charge is 2.24. The van der Waals surface area contributed by atoms with Gasteiger partial charge < -0.3 is 25.8 Å². The van der Waals surface area contributed by atoms with Gasteiger partial charge in [0.15, 0.2) is 0 Å². The fraction of sp³-hybridized carbons (Fsp3) is 0.235. The first-order valence-corrected chi connectivity index (χ1v) is 13.9. The zero-order valence-corrected chi connectivity index (χ0v) is 23.7. The van der Waals surface area contributed by atoms with Crippen molar-refractivity contribution in [2.75, 3.05) is 13.7 Å². The molecule has 0 spiro atoms. The third-order valence-electron chi connectivity index (χ3n) is 7.02. The van der Waals surface area contributed by atoms with E-state index in [1.165, 1.54) is 12.1 Å². The maximum absolute atomic E-state index is 14.7. The summed E-state index contributed by atoms with van der Waals surface area (Å²) >= 11 is 0. The van der Waals surface area contributed by atoms with Gasteiger partial charge in [0.2, 0.25) is 0 Å². The Kier molecular flexibility index (Phi) is 10.8. The molecule has 218 valence electrons. The number of nitrogens with one attached hydrogen (secondary N) is 3. The molecule has 3 atom stereocenters. The maximum Gasteiger partial charge on any atom is 0.254 e. The number of hydrogen-bond donors (Lipinski definition) is 4. The molecule has 0 bridgehead atoms. The molecule has 0 aliphatic rings. The number of hydrogen-bond acceptors (Lipinski definition) is 5. The van der Waals surface area contributed by atoms with Crippen molar-refractivity contribution in [3.8, 4) is 5.75 Å². The van der Waals surface area contributed by atoms with E-state index in [9.17, 15) is 19.1 Å². The lowest BCUT2D eigenvalue weighted by atomic mass is 10.00. The minimum atomic E-state index is -0.935. The first-order valence-electron chi connectivity index (χ1n) is 13.9. The standard InChI is InChI=1S/C34H36FN3O4/c1-23(26-13-7-4-8-14-26)37-34(41)29-20-27(16-17-30(29)35)33(40)38-31(19-24-10-5-3-6-11-24)32(39)22-36-21-25-12-9-15-28(18-25)42-2/h3-18,20,23,31-32,36,39H,19,21-22H2,1-2H3,(H,37,41)(H,38,40). The molecule has 4 N–H and O–H groups in total. The van der Waals surface area contributed by atoms with Crippen LogP contribution >= 0.6 is 0 Å². The number of halogens is 1. The first-order chi connectivity index (χ1) is 20.3. The van der Waals surface area contributed by atoms with Crippen LogP contribution in [0.15, 0.2) is 103 Å². The second kappa shape index (κ2) is 14.9.